The number of amides is 3. The molecule has 1 saturated heterocycles. The van der Waals surface area contributed by atoms with Crippen molar-refractivity contribution in [3.05, 3.63) is 48.0 Å². The molecule has 3 amide bonds. The molecule has 0 radical (unpaired) electrons. The van der Waals surface area contributed by atoms with Crippen LogP contribution in [0.4, 0.5) is 4.79 Å². The van der Waals surface area contributed by atoms with Crippen molar-refractivity contribution in [2.45, 2.75) is 78.0 Å². The molecular weight excluding hydrogens is 418 g/mol. The van der Waals surface area contributed by atoms with Crippen LogP contribution in [0.3, 0.4) is 0 Å². The number of carbonyl (C=O) groups is 3. The molecule has 1 aliphatic heterocycles. The first kappa shape index (κ1) is 26.4. The maximum Gasteiger partial charge on any atom is 0.408 e. The molecule has 1 aromatic carbocycles. The van der Waals surface area contributed by atoms with Gasteiger partial charge in [0.1, 0.15) is 11.6 Å². The number of hydrogen-bond donors (Lipinski definition) is 2. The molecule has 1 aromatic rings. The molecule has 0 aliphatic carbocycles. The molecule has 0 aromatic heterocycles. The van der Waals surface area contributed by atoms with E-state index in [0.29, 0.717) is 12.8 Å². The Kier molecular flexibility index (Phi) is 9.95. The first-order valence-corrected chi connectivity index (χ1v) is 11.8. The number of hydrogen-bond acceptors (Lipinski definition) is 4. The second-order valence-electron chi connectivity index (χ2n) is 10.0. The third-order valence-corrected chi connectivity index (χ3v) is 5.23. The van der Waals surface area contributed by atoms with Gasteiger partial charge in [-0.1, -0.05) is 50.3 Å². The minimum absolute atomic E-state index is 0.0366. The molecule has 0 bridgehead atoms. The van der Waals surface area contributed by atoms with Gasteiger partial charge < -0.3 is 20.3 Å². The third kappa shape index (κ3) is 10.1. The monoisotopic (exact) mass is 457 g/mol. The minimum atomic E-state index is -0.735. The maximum absolute atomic E-state index is 13.2. The van der Waals surface area contributed by atoms with Crippen LogP contribution in [0.25, 0.3) is 0 Å². The summed E-state index contributed by atoms with van der Waals surface area (Å²) in [5.74, 6) is -0.144. The van der Waals surface area contributed by atoms with Crippen molar-refractivity contribution >= 4 is 17.9 Å². The fraction of sp³-hybridized carbons (Fsp3) is 0.577. The molecule has 1 heterocycles. The first-order chi connectivity index (χ1) is 15.5. The molecule has 2 rings (SSSR count). The van der Waals surface area contributed by atoms with E-state index in [9.17, 15) is 14.4 Å². The highest BCUT2D eigenvalue weighted by molar-refractivity contribution is 5.88. The van der Waals surface area contributed by atoms with E-state index in [2.05, 4.69) is 10.6 Å². The third-order valence-electron chi connectivity index (χ3n) is 5.23. The van der Waals surface area contributed by atoms with E-state index < -0.39 is 17.7 Å². The number of benzene rings is 1. The lowest BCUT2D eigenvalue weighted by molar-refractivity contribution is -0.125. The van der Waals surface area contributed by atoms with Crippen molar-refractivity contribution in [3.63, 3.8) is 0 Å². The Bertz CT molecular complexity index is 809. The molecule has 0 spiro atoms. The zero-order valence-electron chi connectivity index (χ0n) is 20.6. The van der Waals surface area contributed by atoms with Crippen molar-refractivity contribution in [2.24, 2.45) is 5.92 Å². The van der Waals surface area contributed by atoms with Crippen molar-refractivity contribution in [1.82, 2.24) is 15.5 Å². The number of nitrogens with one attached hydrogen (secondary N) is 2. The van der Waals surface area contributed by atoms with Gasteiger partial charge in [0.25, 0.3) is 0 Å². The Balaban J connectivity index is 2.13. The number of nitrogens with zero attached hydrogens (tertiary/aromatic N) is 1. The maximum atomic E-state index is 13.2. The van der Waals surface area contributed by atoms with E-state index in [0.717, 1.165) is 31.5 Å². The number of likely N-dealkylation sites (tertiary alicyclic amines) is 1. The number of alkyl carbamates (subject to hydrolysis) is 1. The number of ether oxygens (including phenoxy) is 1. The molecule has 7 heteroatoms. The Morgan fingerprint density at radius 1 is 1.06 bits per heavy atom. The molecule has 182 valence electrons. The summed E-state index contributed by atoms with van der Waals surface area (Å²) in [6, 6.07) is 8.67. The summed E-state index contributed by atoms with van der Waals surface area (Å²) in [6.07, 6.45) is 5.75. The van der Waals surface area contributed by atoms with Gasteiger partial charge in [0.2, 0.25) is 11.8 Å². The highest BCUT2D eigenvalue weighted by Gasteiger charge is 2.26. The highest BCUT2D eigenvalue weighted by Crippen LogP contribution is 2.12. The predicted molar refractivity (Wildman–Crippen MR) is 130 cm³/mol. The summed E-state index contributed by atoms with van der Waals surface area (Å²) in [4.78, 5) is 39.8. The van der Waals surface area contributed by atoms with E-state index >= 15 is 0 Å². The summed E-state index contributed by atoms with van der Waals surface area (Å²) in [6.45, 7) is 10.9. The van der Waals surface area contributed by atoms with Crippen molar-refractivity contribution in [3.8, 4) is 0 Å². The van der Waals surface area contributed by atoms with Crippen molar-refractivity contribution in [2.75, 3.05) is 13.1 Å². The lowest BCUT2D eigenvalue weighted by Crippen LogP contribution is -2.51. The fourth-order valence-electron chi connectivity index (χ4n) is 3.71. The van der Waals surface area contributed by atoms with Gasteiger partial charge in [0, 0.05) is 19.2 Å². The second-order valence-corrected chi connectivity index (χ2v) is 10.0. The number of carbonyl (C=O) groups excluding carboxylic acids is 3. The lowest BCUT2D eigenvalue weighted by atomic mass is 10.0. The lowest BCUT2D eigenvalue weighted by Gasteiger charge is -2.25. The molecular formula is C26H39N3O4. The van der Waals surface area contributed by atoms with Crippen LogP contribution in [0.5, 0.6) is 0 Å². The summed E-state index contributed by atoms with van der Waals surface area (Å²) in [5.41, 5.74) is 0.388. The largest absolute Gasteiger partial charge is 0.444 e. The van der Waals surface area contributed by atoms with Crippen LogP contribution >= 0.6 is 0 Å². The molecule has 1 fully saturated rings. The van der Waals surface area contributed by atoms with Gasteiger partial charge >= 0.3 is 6.09 Å². The zero-order chi connectivity index (χ0) is 24.4. The standard InChI is InChI=1S/C26H39N3O4/c1-19(2)17-22(28-25(32)33-26(3,4)5)24(31)27-21(18-20-11-7-6-8-12-20)13-14-23(30)29-15-9-10-16-29/h6-8,11-14,19,21-22H,9-10,15-18H2,1-5H3,(H,27,31)(H,28,32)/b14-13+. The Morgan fingerprint density at radius 2 is 1.70 bits per heavy atom. The van der Waals surface area contributed by atoms with Crippen LogP contribution in [-0.2, 0) is 20.7 Å². The van der Waals surface area contributed by atoms with Crippen LogP contribution in [-0.4, -0.2) is 53.6 Å². The molecule has 2 unspecified atom stereocenters. The number of rotatable bonds is 9. The van der Waals surface area contributed by atoms with Gasteiger partial charge in [0.05, 0.1) is 6.04 Å². The fourth-order valence-corrected chi connectivity index (χ4v) is 3.71. The van der Waals surface area contributed by atoms with Gasteiger partial charge in [0.15, 0.2) is 0 Å². The summed E-state index contributed by atoms with van der Waals surface area (Å²) in [7, 11) is 0. The van der Waals surface area contributed by atoms with Gasteiger partial charge in [-0.05, 0) is 57.9 Å². The summed E-state index contributed by atoms with van der Waals surface area (Å²) in [5, 5.41) is 5.73. The quantitative estimate of drug-likeness (QED) is 0.552. The summed E-state index contributed by atoms with van der Waals surface area (Å²) < 4.78 is 5.34. The van der Waals surface area contributed by atoms with E-state index in [4.69, 9.17) is 4.74 Å². The highest BCUT2D eigenvalue weighted by atomic mass is 16.6. The van der Waals surface area contributed by atoms with Gasteiger partial charge in [-0.2, -0.15) is 0 Å². The topological polar surface area (TPSA) is 87.7 Å². The van der Waals surface area contributed by atoms with Gasteiger partial charge in [-0.15, -0.1) is 0 Å². The average molecular weight is 458 g/mol. The Labute approximate surface area is 197 Å². The minimum Gasteiger partial charge on any atom is -0.444 e. The van der Waals surface area contributed by atoms with E-state index in [1.54, 1.807) is 32.9 Å². The molecule has 2 N–H and O–H groups in total. The smallest absolute Gasteiger partial charge is 0.408 e. The van der Waals surface area contributed by atoms with Crippen LogP contribution in [0.15, 0.2) is 42.5 Å². The van der Waals surface area contributed by atoms with Crippen molar-refractivity contribution < 1.29 is 19.1 Å². The van der Waals surface area contributed by atoms with Gasteiger partial charge in [-0.3, -0.25) is 9.59 Å². The van der Waals surface area contributed by atoms with E-state index in [1.165, 1.54) is 0 Å². The normalized spacial score (nSPS) is 16.0. The van der Waals surface area contributed by atoms with Crippen LogP contribution in [0.1, 0.15) is 59.4 Å². The second kappa shape index (κ2) is 12.4. The SMILES string of the molecule is CC(C)CC(NC(=O)OC(C)(C)C)C(=O)NC(/C=C/C(=O)N1CCCC1)Cc1ccccc1. The van der Waals surface area contributed by atoms with Crippen LogP contribution in [0, 0.1) is 5.92 Å². The molecule has 0 saturated carbocycles. The van der Waals surface area contributed by atoms with E-state index in [1.807, 2.05) is 49.1 Å². The van der Waals surface area contributed by atoms with Crippen LogP contribution < -0.4 is 10.6 Å². The summed E-state index contributed by atoms with van der Waals surface area (Å²) >= 11 is 0. The molecule has 1 aliphatic rings. The molecule has 7 nitrogen and oxygen atoms in total. The Hall–Kier alpha value is -2.83. The van der Waals surface area contributed by atoms with Crippen molar-refractivity contribution in [1.29, 1.82) is 0 Å². The first-order valence-electron chi connectivity index (χ1n) is 11.8. The average Bonchev–Trinajstić information content (AvgIpc) is 3.25. The van der Waals surface area contributed by atoms with E-state index in [-0.39, 0.29) is 23.8 Å². The zero-order valence-corrected chi connectivity index (χ0v) is 20.6. The molecule has 2 atom stereocenters. The van der Waals surface area contributed by atoms with Crippen LogP contribution in [0.2, 0.25) is 0 Å². The molecule has 33 heavy (non-hydrogen) atoms. The van der Waals surface area contributed by atoms with Gasteiger partial charge in [-0.25, -0.2) is 4.79 Å². The predicted octanol–water partition coefficient (Wildman–Crippen LogP) is 3.83. The Morgan fingerprint density at radius 3 is 2.27 bits per heavy atom.